The zero-order valence-corrected chi connectivity index (χ0v) is 11.9. The molecule has 20 heavy (non-hydrogen) atoms. The van der Waals surface area contributed by atoms with Crippen LogP contribution in [0.1, 0.15) is 17.5 Å². The Morgan fingerprint density at radius 1 is 1.30 bits per heavy atom. The third kappa shape index (κ3) is 3.49. The molecule has 2 rings (SSSR count). The molecule has 1 amide bonds. The smallest absolute Gasteiger partial charge is 0.226 e. The number of hydrogen-bond acceptors (Lipinski definition) is 4. The Morgan fingerprint density at radius 2 is 1.95 bits per heavy atom. The average molecular weight is 279 g/mol. The summed E-state index contributed by atoms with van der Waals surface area (Å²) in [5.74, 6) is 0.676. The minimum Gasteiger partial charge on any atom is -0.493 e. The normalized spacial score (nSPS) is 22.1. The average Bonchev–Trinajstić information content (AvgIpc) is 2.72. The molecule has 0 unspecified atom stereocenters. The van der Waals surface area contributed by atoms with Gasteiger partial charge < -0.3 is 19.8 Å². The van der Waals surface area contributed by atoms with E-state index < -0.39 is 12.2 Å². The summed E-state index contributed by atoms with van der Waals surface area (Å²) in [6.45, 7) is 4.68. The van der Waals surface area contributed by atoms with Gasteiger partial charge in [-0.15, -0.1) is 0 Å². The van der Waals surface area contributed by atoms with Crippen LogP contribution in [0.15, 0.2) is 18.2 Å². The first-order chi connectivity index (χ1) is 9.47. The molecule has 1 aliphatic rings. The summed E-state index contributed by atoms with van der Waals surface area (Å²) in [6.07, 6.45) is -1.43. The first kappa shape index (κ1) is 14.8. The summed E-state index contributed by atoms with van der Waals surface area (Å²) in [4.78, 5) is 13.4. The van der Waals surface area contributed by atoms with E-state index in [1.165, 1.54) is 10.5 Å². The molecule has 0 spiro atoms. The van der Waals surface area contributed by atoms with Crippen LogP contribution >= 0.6 is 0 Å². The third-order valence-electron chi connectivity index (χ3n) is 3.52. The molecule has 0 radical (unpaired) electrons. The second-order valence-electron chi connectivity index (χ2n) is 5.30. The molecule has 1 aromatic rings. The molecule has 1 aliphatic heterocycles. The van der Waals surface area contributed by atoms with Crippen molar-refractivity contribution in [2.75, 3.05) is 19.7 Å². The molecule has 1 heterocycles. The molecule has 1 aromatic carbocycles. The first-order valence-electron chi connectivity index (χ1n) is 6.81. The number of β-amino-alcohol motifs (C(OH)–C–C–N with tert-alkyl or cyclic N) is 2. The number of carbonyl (C=O) groups is 1. The second kappa shape index (κ2) is 6.24. The maximum atomic E-state index is 11.9. The van der Waals surface area contributed by atoms with Gasteiger partial charge in [0, 0.05) is 13.1 Å². The van der Waals surface area contributed by atoms with Crippen LogP contribution in [0, 0.1) is 13.8 Å². The zero-order chi connectivity index (χ0) is 14.7. The van der Waals surface area contributed by atoms with Crippen LogP contribution in [0.4, 0.5) is 0 Å². The summed E-state index contributed by atoms with van der Waals surface area (Å²) < 4.78 is 5.60. The van der Waals surface area contributed by atoms with Gasteiger partial charge in [-0.25, -0.2) is 0 Å². The van der Waals surface area contributed by atoms with E-state index in [2.05, 4.69) is 0 Å². The van der Waals surface area contributed by atoms with Crippen molar-refractivity contribution in [1.29, 1.82) is 0 Å². The number of benzene rings is 1. The monoisotopic (exact) mass is 279 g/mol. The highest BCUT2D eigenvalue weighted by Crippen LogP contribution is 2.19. The standard InChI is InChI=1S/C15H21NO4/c1-10-3-4-14(11(2)7-10)20-6-5-15(19)16-8-12(17)13(18)9-16/h3-4,7,12-13,17-18H,5-6,8-9H2,1-2H3/t12-,13+. The van der Waals surface area contributed by atoms with Crippen molar-refractivity contribution in [3.8, 4) is 5.75 Å². The molecular weight excluding hydrogens is 258 g/mol. The lowest BCUT2D eigenvalue weighted by molar-refractivity contribution is -0.131. The van der Waals surface area contributed by atoms with Gasteiger partial charge in [0.05, 0.1) is 25.2 Å². The van der Waals surface area contributed by atoms with E-state index >= 15 is 0 Å². The largest absolute Gasteiger partial charge is 0.493 e. The number of aliphatic hydroxyl groups excluding tert-OH is 2. The van der Waals surface area contributed by atoms with Crippen LogP contribution in [-0.2, 0) is 4.79 Å². The van der Waals surface area contributed by atoms with Crippen LogP contribution in [0.3, 0.4) is 0 Å². The predicted molar refractivity (Wildman–Crippen MR) is 74.6 cm³/mol. The van der Waals surface area contributed by atoms with Crippen molar-refractivity contribution < 1.29 is 19.7 Å². The first-order valence-corrected chi connectivity index (χ1v) is 6.81. The van der Waals surface area contributed by atoms with Crippen LogP contribution in [0.5, 0.6) is 5.75 Å². The number of ether oxygens (including phenoxy) is 1. The minimum absolute atomic E-state index is 0.106. The van der Waals surface area contributed by atoms with E-state index in [0.717, 1.165) is 11.3 Å². The van der Waals surface area contributed by atoms with Gasteiger partial charge in [-0.2, -0.15) is 0 Å². The topological polar surface area (TPSA) is 70.0 Å². The molecule has 0 aliphatic carbocycles. The number of aryl methyl sites for hydroxylation is 2. The number of aliphatic hydroxyl groups is 2. The van der Waals surface area contributed by atoms with Gasteiger partial charge >= 0.3 is 0 Å². The van der Waals surface area contributed by atoms with E-state index in [0.29, 0.717) is 6.61 Å². The number of nitrogens with zero attached hydrogens (tertiary/aromatic N) is 1. The lowest BCUT2D eigenvalue weighted by Gasteiger charge is -2.16. The second-order valence-corrected chi connectivity index (χ2v) is 5.30. The molecule has 0 aromatic heterocycles. The molecule has 1 fully saturated rings. The van der Waals surface area contributed by atoms with E-state index in [9.17, 15) is 15.0 Å². The summed E-state index contributed by atoms with van der Waals surface area (Å²) in [6, 6.07) is 5.90. The fraction of sp³-hybridized carbons (Fsp3) is 0.533. The SMILES string of the molecule is Cc1ccc(OCCC(=O)N2C[C@@H](O)[C@@H](O)C2)c(C)c1. The van der Waals surface area contributed by atoms with E-state index in [1.807, 2.05) is 32.0 Å². The van der Waals surface area contributed by atoms with Crippen molar-refractivity contribution in [2.24, 2.45) is 0 Å². The van der Waals surface area contributed by atoms with Gasteiger partial charge in [0.2, 0.25) is 5.91 Å². The Kier molecular flexibility index (Phi) is 4.62. The molecule has 110 valence electrons. The fourth-order valence-electron chi connectivity index (χ4n) is 2.34. The molecule has 2 atom stereocenters. The number of rotatable bonds is 4. The van der Waals surface area contributed by atoms with E-state index in [-0.39, 0.29) is 25.4 Å². The summed E-state index contributed by atoms with van der Waals surface area (Å²) in [5, 5.41) is 18.8. The third-order valence-corrected chi connectivity index (χ3v) is 3.52. The maximum absolute atomic E-state index is 11.9. The Labute approximate surface area is 118 Å². The van der Waals surface area contributed by atoms with Crippen LogP contribution in [0.2, 0.25) is 0 Å². The Bertz CT molecular complexity index is 479. The van der Waals surface area contributed by atoms with Gasteiger partial charge in [0.15, 0.2) is 0 Å². The molecule has 2 N–H and O–H groups in total. The lowest BCUT2D eigenvalue weighted by Crippen LogP contribution is -2.30. The number of carbonyl (C=O) groups excluding carboxylic acids is 1. The van der Waals surface area contributed by atoms with Crippen molar-refractivity contribution in [2.45, 2.75) is 32.5 Å². The van der Waals surface area contributed by atoms with E-state index in [1.54, 1.807) is 0 Å². The Morgan fingerprint density at radius 3 is 2.55 bits per heavy atom. The van der Waals surface area contributed by atoms with Gasteiger partial charge in [-0.1, -0.05) is 17.7 Å². The number of hydrogen-bond donors (Lipinski definition) is 2. The van der Waals surface area contributed by atoms with E-state index in [4.69, 9.17) is 4.74 Å². The van der Waals surface area contributed by atoms with Gasteiger partial charge in [-0.3, -0.25) is 4.79 Å². The summed E-state index contributed by atoms with van der Waals surface area (Å²) in [7, 11) is 0. The molecular formula is C15H21NO4. The van der Waals surface area contributed by atoms with Crippen LogP contribution < -0.4 is 4.74 Å². The zero-order valence-electron chi connectivity index (χ0n) is 11.9. The molecule has 5 nitrogen and oxygen atoms in total. The highest BCUT2D eigenvalue weighted by atomic mass is 16.5. The highest BCUT2D eigenvalue weighted by Gasteiger charge is 2.32. The van der Waals surface area contributed by atoms with Crippen LogP contribution in [-0.4, -0.2) is 52.9 Å². The molecule has 0 saturated carbocycles. The lowest BCUT2D eigenvalue weighted by atomic mass is 10.1. The highest BCUT2D eigenvalue weighted by molar-refractivity contribution is 5.76. The van der Waals surface area contributed by atoms with Crippen LogP contribution in [0.25, 0.3) is 0 Å². The van der Waals surface area contributed by atoms with Crippen molar-refractivity contribution in [3.05, 3.63) is 29.3 Å². The fourth-order valence-corrected chi connectivity index (χ4v) is 2.34. The Balaban J connectivity index is 1.80. The van der Waals surface area contributed by atoms with Gasteiger partial charge in [0.1, 0.15) is 5.75 Å². The summed E-state index contributed by atoms with van der Waals surface area (Å²) >= 11 is 0. The minimum atomic E-state index is -0.834. The predicted octanol–water partition coefficient (Wildman–Crippen LogP) is 0.636. The quantitative estimate of drug-likeness (QED) is 0.848. The van der Waals surface area contributed by atoms with Gasteiger partial charge in [0.25, 0.3) is 0 Å². The number of amides is 1. The van der Waals surface area contributed by atoms with Crippen molar-refractivity contribution in [1.82, 2.24) is 4.90 Å². The number of likely N-dealkylation sites (tertiary alicyclic amines) is 1. The molecule has 1 saturated heterocycles. The van der Waals surface area contributed by atoms with Crippen molar-refractivity contribution in [3.63, 3.8) is 0 Å². The van der Waals surface area contributed by atoms with Crippen molar-refractivity contribution >= 4 is 5.91 Å². The summed E-state index contributed by atoms with van der Waals surface area (Å²) in [5.41, 5.74) is 2.22. The maximum Gasteiger partial charge on any atom is 0.226 e. The van der Waals surface area contributed by atoms with Gasteiger partial charge in [-0.05, 0) is 25.5 Å². The molecule has 0 bridgehead atoms. The molecule has 5 heteroatoms. The Hall–Kier alpha value is -1.59.